The molecule has 0 unspecified atom stereocenters. The molecule has 1 N–H and O–H groups in total. The van der Waals surface area contributed by atoms with Crippen LogP contribution in [0.2, 0.25) is 0 Å². The van der Waals surface area contributed by atoms with Gasteiger partial charge >= 0.3 is 0 Å². The zero-order chi connectivity index (χ0) is 23.3. The van der Waals surface area contributed by atoms with Crippen molar-refractivity contribution in [3.05, 3.63) is 69.5 Å². The Bertz CT molecular complexity index is 1130. The Labute approximate surface area is 190 Å². The lowest BCUT2D eigenvalue weighted by Gasteiger charge is -2.14. The van der Waals surface area contributed by atoms with E-state index in [4.69, 9.17) is 4.74 Å². The zero-order valence-corrected chi connectivity index (χ0v) is 19.2. The van der Waals surface area contributed by atoms with Crippen LogP contribution in [0.4, 0.5) is 11.4 Å². The summed E-state index contributed by atoms with van der Waals surface area (Å²) in [4.78, 5) is 22.8. The highest BCUT2D eigenvalue weighted by molar-refractivity contribution is 7.99. The van der Waals surface area contributed by atoms with Crippen LogP contribution in [-0.2, 0) is 18.4 Å². The topological polar surface area (TPSA) is 112 Å². The van der Waals surface area contributed by atoms with Crippen molar-refractivity contribution in [2.75, 3.05) is 11.1 Å². The van der Waals surface area contributed by atoms with E-state index in [-0.39, 0.29) is 29.6 Å². The molecule has 0 atom stereocenters. The fourth-order valence-corrected chi connectivity index (χ4v) is 3.77. The first kappa shape index (κ1) is 23.3. The number of amides is 1. The summed E-state index contributed by atoms with van der Waals surface area (Å²) < 4.78 is 7.80. The van der Waals surface area contributed by atoms with Crippen LogP contribution in [0.15, 0.2) is 47.6 Å². The quantitative estimate of drug-likeness (QED) is 0.288. The fraction of sp³-hybridized carbons (Fsp3) is 0.318. The van der Waals surface area contributed by atoms with Gasteiger partial charge in [-0.2, -0.15) is 0 Å². The van der Waals surface area contributed by atoms with Gasteiger partial charge in [-0.15, -0.1) is 10.2 Å². The van der Waals surface area contributed by atoms with Crippen LogP contribution < -0.4 is 10.1 Å². The third-order valence-electron chi connectivity index (χ3n) is 4.78. The highest BCUT2D eigenvalue weighted by Gasteiger charge is 2.17. The molecule has 10 heteroatoms. The predicted molar refractivity (Wildman–Crippen MR) is 123 cm³/mol. The number of para-hydroxylation sites is 2. The van der Waals surface area contributed by atoms with Crippen LogP contribution >= 0.6 is 11.8 Å². The number of carbonyl (C=O) groups excluding carboxylic acids is 1. The molecule has 0 aliphatic heterocycles. The van der Waals surface area contributed by atoms with Crippen LogP contribution in [0.25, 0.3) is 0 Å². The average molecular weight is 456 g/mol. The fourth-order valence-electron chi connectivity index (χ4n) is 3.04. The second-order valence-electron chi connectivity index (χ2n) is 7.55. The van der Waals surface area contributed by atoms with E-state index >= 15 is 0 Å². The molecule has 0 saturated heterocycles. The highest BCUT2D eigenvalue weighted by atomic mass is 32.2. The molecule has 1 amide bonds. The van der Waals surface area contributed by atoms with Gasteiger partial charge in [0, 0.05) is 13.1 Å². The highest BCUT2D eigenvalue weighted by Crippen LogP contribution is 2.28. The lowest BCUT2D eigenvalue weighted by atomic mass is 10.0. The Hall–Kier alpha value is -3.40. The van der Waals surface area contributed by atoms with E-state index in [1.807, 2.05) is 13.0 Å². The maximum Gasteiger partial charge on any atom is 0.292 e. The van der Waals surface area contributed by atoms with Gasteiger partial charge in [0.1, 0.15) is 18.0 Å². The second-order valence-corrected chi connectivity index (χ2v) is 8.50. The Kier molecular flexibility index (Phi) is 7.47. The van der Waals surface area contributed by atoms with Crippen LogP contribution in [0.3, 0.4) is 0 Å². The largest absolute Gasteiger partial charge is 0.485 e. The standard InChI is InChI=1S/C22H25N5O4S/c1-14(2)16-10-9-15(3)11-19(16)31-12-20-24-25-22(26(20)4)32-13-21(28)23-17-7-5-6-8-18(17)27(29)30/h5-11,14H,12-13H2,1-4H3,(H,23,28). The van der Waals surface area contributed by atoms with Crippen molar-refractivity contribution in [3.63, 3.8) is 0 Å². The maximum atomic E-state index is 12.3. The Morgan fingerprint density at radius 1 is 1.25 bits per heavy atom. The van der Waals surface area contributed by atoms with Crippen molar-refractivity contribution in [3.8, 4) is 5.75 Å². The summed E-state index contributed by atoms with van der Waals surface area (Å²) in [7, 11) is 1.81. The minimum absolute atomic E-state index is 0.0360. The normalized spacial score (nSPS) is 10.9. The third kappa shape index (κ3) is 5.64. The number of carbonyl (C=O) groups is 1. The smallest absolute Gasteiger partial charge is 0.292 e. The van der Waals surface area contributed by atoms with E-state index in [0.717, 1.165) is 16.9 Å². The van der Waals surface area contributed by atoms with E-state index in [1.165, 1.54) is 23.9 Å². The summed E-state index contributed by atoms with van der Waals surface area (Å²) in [6.07, 6.45) is 0. The van der Waals surface area contributed by atoms with Crippen molar-refractivity contribution in [2.24, 2.45) is 7.05 Å². The van der Waals surface area contributed by atoms with Gasteiger partial charge in [-0.1, -0.05) is 49.9 Å². The molecule has 0 saturated carbocycles. The molecule has 3 rings (SSSR count). The number of nitro benzene ring substituents is 1. The predicted octanol–water partition coefficient (Wildman–Crippen LogP) is 4.46. The number of benzene rings is 2. The molecule has 3 aromatic rings. The molecule has 32 heavy (non-hydrogen) atoms. The molecular formula is C22H25N5O4S. The van der Waals surface area contributed by atoms with E-state index in [0.29, 0.717) is 16.9 Å². The number of thioether (sulfide) groups is 1. The molecule has 168 valence electrons. The number of hydrogen-bond acceptors (Lipinski definition) is 7. The van der Waals surface area contributed by atoms with Crippen molar-refractivity contribution in [1.82, 2.24) is 14.8 Å². The summed E-state index contributed by atoms with van der Waals surface area (Å²) in [6.45, 7) is 6.49. The molecule has 1 aromatic heterocycles. The molecule has 0 aliphatic rings. The Morgan fingerprint density at radius 3 is 2.72 bits per heavy atom. The summed E-state index contributed by atoms with van der Waals surface area (Å²) in [5.41, 5.74) is 2.25. The summed E-state index contributed by atoms with van der Waals surface area (Å²) in [5, 5.41) is 22.5. The summed E-state index contributed by atoms with van der Waals surface area (Å²) in [6, 6.07) is 12.2. The van der Waals surface area contributed by atoms with Gasteiger partial charge in [-0.3, -0.25) is 14.9 Å². The molecule has 2 aromatic carbocycles. The second kappa shape index (κ2) is 10.3. The molecule has 0 fully saturated rings. The van der Waals surface area contributed by atoms with Gasteiger partial charge < -0.3 is 14.6 Å². The molecule has 1 heterocycles. The van der Waals surface area contributed by atoms with Crippen LogP contribution in [0.1, 0.15) is 36.7 Å². The van der Waals surface area contributed by atoms with E-state index in [2.05, 4.69) is 41.5 Å². The number of hydrogen-bond donors (Lipinski definition) is 1. The first-order chi connectivity index (χ1) is 15.3. The average Bonchev–Trinajstić information content (AvgIpc) is 3.10. The number of nitro groups is 1. The first-order valence-electron chi connectivity index (χ1n) is 10.0. The number of aromatic nitrogens is 3. The minimum Gasteiger partial charge on any atom is -0.485 e. The van der Waals surface area contributed by atoms with Gasteiger partial charge in [-0.25, -0.2) is 0 Å². The van der Waals surface area contributed by atoms with Gasteiger partial charge in [-0.05, 0) is 36.1 Å². The van der Waals surface area contributed by atoms with Crippen molar-refractivity contribution in [1.29, 1.82) is 0 Å². The zero-order valence-electron chi connectivity index (χ0n) is 18.4. The van der Waals surface area contributed by atoms with Gasteiger partial charge in [0.15, 0.2) is 11.0 Å². The van der Waals surface area contributed by atoms with Crippen molar-refractivity contribution < 1.29 is 14.5 Å². The van der Waals surface area contributed by atoms with Gasteiger partial charge in [0.25, 0.3) is 5.69 Å². The Balaban J connectivity index is 1.61. The number of anilines is 1. The first-order valence-corrected chi connectivity index (χ1v) is 11.0. The molecule has 0 spiro atoms. The maximum absolute atomic E-state index is 12.3. The monoisotopic (exact) mass is 455 g/mol. The van der Waals surface area contributed by atoms with Gasteiger partial charge in [0.05, 0.1) is 10.7 Å². The van der Waals surface area contributed by atoms with E-state index < -0.39 is 4.92 Å². The molecule has 9 nitrogen and oxygen atoms in total. The number of rotatable bonds is 9. The molecule has 0 bridgehead atoms. The SMILES string of the molecule is Cc1ccc(C(C)C)c(OCc2nnc(SCC(=O)Nc3ccccc3[N+](=O)[O-])n2C)c1. The summed E-state index contributed by atoms with van der Waals surface area (Å²) >= 11 is 1.19. The number of aryl methyl sites for hydroxylation is 1. The van der Waals surface area contributed by atoms with Crippen molar-refractivity contribution >= 4 is 29.0 Å². The van der Waals surface area contributed by atoms with Gasteiger partial charge in [0.2, 0.25) is 5.91 Å². The number of nitrogens with zero attached hydrogens (tertiary/aromatic N) is 4. The third-order valence-corrected chi connectivity index (χ3v) is 5.80. The minimum atomic E-state index is -0.531. The van der Waals surface area contributed by atoms with Crippen molar-refractivity contribution in [2.45, 2.75) is 38.5 Å². The van der Waals surface area contributed by atoms with Crippen LogP contribution in [0, 0.1) is 17.0 Å². The van der Waals surface area contributed by atoms with E-state index in [9.17, 15) is 14.9 Å². The number of nitrogens with one attached hydrogen (secondary N) is 1. The summed E-state index contributed by atoms with van der Waals surface area (Å²) in [5.74, 6) is 1.44. The van der Waals surface area contributed by atoms with Crippen LogP contribution in [-0.4, -0.2) is 31.3 Å². The lowest BCUT2D eigenvalue weighted by molar-refractivity contribution is -0.383. The van der Waals surface area contributed by atoms with Crippen LogP contribution in [0.5, 0.6) is 5.75 Å². The Morgan fingerprint density at radius 2 is 2.00 bits per heavy atom. The number of ether oxygens (including phenoxy) is 1. The molecule has 0 radical (unpaired) electrons. The molecule has 0 aliphatic carbocycles. The lowest BCUT2D eigenvalue weighted by Crippen LogP contribution is -2.15. The van der Waals surface area contributed by atoms with E-state index in [1.54, 1.807) is 23.7 Å². The molecular weight excluding hydrogens is 430 g/mol.